The maximum atomic E-state index is 11.7. The number of nitrogens with two attached hydrogens (primary N) is 1. The molecule has 5 nitrogen and oxygen atoms in total. The lowest BCUT2D eigenvalue weighted by Crippen LogP contribution is -2.38. The van der Waals surface area contributed by atoms with Crippen molar-refractivity contribution in [3.63, 3.8) is 0 Å². The number of amides is 1. The molecule has 0 bridgehead atoms. The number of carbonyl (C=O) groups excluding carboxylic acids is 1. The minimum Gasteiger partial charge on any atom is -0.479 e. The monoisotopic (exact) mass is 270 g/mol. The molecule has 1 heterocycles. The highest BCUT2D eigenvalue weighted by atomic mass is 32.1. The van der Waals surface area contributed by atoms with Gasteiger partial charge in [0.2, 0.25) is 5.91 Å². The summed E-state index contributed by atoms with van der Waals surface area (Å²) in [6.07, 6.45) is 0.132. The smallest absolute Gasteiger partial charge is 0.331 e. The Morgan fingerprint density at radius 3 is 2.61 bits per heavy atom. The standard InChI is InChI=1S/C12H18N2O3S/c1-7(2)8(13)6-10(15)14-11(12(16)17)9-4-3-5-18-9/h3-5,7-8,11H,6,13H2,1-2H3,(H,14,15)(H,16,17). The summed E-state index contributed by atoms with van der Waals surface area (Å²) in [4.78, 5) is 23.4. The SMILES string of the molecule is CC(C)C(N)CC(=O)NC(C(=O)O)c1cccs1. The van der Waals surface area contributed by atoms with Crippen LogP contribution in [0.25, 0.3) is 0 Å². The average molecular weight is 270 g/mol. The number of thiophene rings is 1. The fourth-order valence-electron chi connectivity index (χ4n) is 1.38. The Morgan fingerprint density at radius 2 is 2.17 bits per heavy atom. The van der Waals surface area contributed by atoms with Gasteiger partial charge in [0.25, 0.3) is 0 Å². The van der Waals surface area contributed by atoms with Crippen LogP contribution in [-0.2, 0) is 9.59 Å². The molecule has 1 amide bonds. The van der Waals surface area contributed by atoms with Crippen LogP contribution in [0.3, 0.4) is 0 Å². The summed E-state index contributed by atoms with van der Waals surface area (Å²) in [6, 6.07) is 2.19. The second kappa shape index (κ2) is 6.51. The van der Waals surface area contributed by atoms with Gasteiger partial charge in [0.05, 0.1) is 0 Å². The Labute approximate surface area is 110 Å². The normalized spacial score (nSPS) is 14.2. The van der Waals surface area contributed by atoms with E-state index in [9.17, 15) is 9.59 Å². The molecule has 1 aromatic heterocycles. The van der Waals surface area contributed by atoms with Gasteiger partial charge in [0.15, 0.2) is 6.04 Å². The summed E-state index contributed by atoms with van der Waals surface area (Å²) >= 11 is 1.30. The van der Waals surface area contributed by atoms with Crippen molar-refractivity contribution >= 4 is 23.2 Å². The van der Waals surface area contributed by atoms with Crippen molar-refractivity contribution in [2.45, 2.75) is 32.4 Å². The van der Waals surface area contributed by atoms with Gasteiger partial charge in [-0.15, -0.1) is 11.3 Å². The molecule has 4 N–H and O–H groups in total. The molecule has 0 radical (unpaired) electrons. The third-order valence-corrected chi connectivity index (χ3v) is 3.59. The number of hydrogen-bond donors (Lipinski definition) is 3. The molecule has 0 saturated heterocycles. The molecule has 100 valence electrons. The maximum Gasteiger partial charge on any atom is 0.331 e. The molecular formula is C12H18N2O3S. The summed E-state index contributed by atoms with van der Waals surface area (Å²) in [7, 11) is 0. The molecule has 0 aliphatic carbocycles. The topological polar surface area (TPSA) is 92.4 Å². The van der Waals surface area contributed by atoms with E-state index in [1.165, 1.54) is 11.3 Å². The number of nitrogens with one attached hydrogen (secondary N) is 1. The van der Waals surface area contributed by atoms with Crippen LogP contribution >= 0.6 is 11.3 Å². The largest absolute Gasteiger partial charge is 0.479 e. The summed E-state index contributed by atoms with van der Waals surface area (Å²) < 4.78 is 0. The fourth-order valence-corrected chi connectivity index (χ4v) is 2.15. The molecule has 0 aromatic carbocycles. The quantitative estimate of drug-likeness (QED) is 0.727. The Hall–Kier alpha value is -1.40. The fraction of sp³-hybridized carbons (Fsp3) is 0.500. The van der Waals surface area contributed by atoms with Gasteiger partial charge in [-0.2, -0.15) is 0 Å². The first kappa shape index (κ1) is 14.7. The Bertz CT molecular complexity index is 403. The molecule has 2 atom stereocenters. The molecule has 0 spiro atoms. The zero-order valence-electron chi connectivity index (χ0n) is 10.4. The zero-order chi connectivity index (χ0) is 13.7. The maximum absolute atomic E-state index is 11.7. The van der Waals surface area contributed by atoms with E-state index in [-0.39, 0.29) is 24.3 Å². The van der Waals surface area contributed by atoms with Crippen molar-refractivity contribution in [3.8, 4) is 0 Å². The van der Waals surface area contributed by atoms with Crippen LogP contribution in [0.5, 0.6) is 0 Å². The van der Waals surface area contributed by atoms with Crippen LogP contribution in [0.4, 0.5) is 0 Å². The van der Waals surface area contributed by atoms with Gasteiger partial charge in [-0.05, 0) is 17.4 Å². The first-order chi connectivity index (χ1) is 8.41. The van der Waals surface area contributed by atoms with Crippen molar-refractivity contribution in [1.82, 2.24) is 5.32 Å². The van der Waals surface area contributed by atoms with E-state index in [2.05, 4.69) is 5.32 Å². The van der Waals surface area contributed by atoms with E-state index in [0.29, 0.717) is 4.88 Å². The van der Waals surface area contributed by atoms with E-state index < -0.39 is 12.0 Å². The zero-order valence-corrected chi connectivity index (χ0v) is 11.2. The molecule has 0 fully saturated rings. The highest BCUT2D eigenvalue weighted by Crippen LogP contribution is 2.19. The van der Waals surface area contributed by atoms with Crippen LogP contribution in [0.2, 0.25) is 0 Å². The van der Waals surface area contributed by atoms with Crippen molar-refractivity contribution < 1.29 is 14.7 Å². The first-order valence-corrected chi connectivity index (χ1v) is 6.61. The summed E-state index contributed by atoms with van der Waals surface area (Å²) in [5.41, 5.74) is 5.78. The number of hydrogen-bond acceptors (Lipinski definition) is 4. The van der Waals surface area contributed by atoms with Crippen LogP contribution in [0.15, 0.2) is 17.5 Å². The van der Waals surface area contributed by atoms with Crippen LogP contribution in [0.1, 0.15) is 31.2 Å². The Kier molecular flexibility index (Phi) is 5.30. The number of carbonyl (C=O) groups is 2. The number of rotatable bonds is 6. The van der Waals surface area contributed by atoms with Crippen LogP contribution in [-0.4, -0.2) is 23.0 Å². The molecule has 1 aromatic rings. The Morgan fingerprint density at radius 1 is 1.50 bits per heavy atom. The average Bonchev–Trinajstić information content (AvgIpc) is 2.78. The summed E-state index contributed by atoms with van der Waals surface area (Å²) in [5.74, 6) is -1.22. The number of carboxylic acids is 1. The number of carboxylic acid groups (broad SMARTS) is 1. The highest BCUT2D eigenvalue weighted by Gasteiger charge is 2.24. The lowest BCUT2D eigenvalue weighted by atomic mass is 10.0. The van der Waals surface area contributed by atoms with Gasteiger partial charge in [0.1, 0.15) is 0 Å². The van der Waals surface area contributed by atoms with Crippen molar-refractivity contribution in [2.75, 3.05) is 0 Å². The van der Waals surface area contributed by atoms with E-state index >= 15 is 0 Å². The van der Waals surface area contributed by atoms with Crippen molar-refractivity contribution in [1.29, 1.82) is 0 Å². The first-order valence-electron chi connectivity index (χ1n) is 5.73. The predicted molar refractivity (Wildman–Crippen MR) is 70.3 cm³/mol. The third-order valence-electron chi connectivity index (χ3n) is 2.66. The third kappa shape index (κ3) is 4.12. The molecular weight excluding hydrogens is 252 g/mol. The predicted octanol–water partition coefficient (Wildman–Crippen LogP) is 1.36. The molecule has 0 aliphatic heterocycles. The van der Waals surface area contributed by atoms with E-state index in [1.807, 2.05) is 13.8 Å². The van der Waals surface area contributed by atoms with Gasteiger partial charge < -0.3 is 16.2 Å². The lowest BCUT2D eigenvalue weighted by Gasteiger charge is -2.17. The molecule has 1 rings (SSSR count). The lowest BCUT2D eigenvalue weighted by molar-refractivity contribution is -0.142. The minimum absolute atomic E-state index is 0.132. The van der Waals surface area contributed by atoms with E-state index in [0.717, 1.165) is 0 Å². The van der Waals surface area contributed by atoms with Gasteiger partial charge in [-0.3, -0.25) is 4.79 Å². The summed E-state index contributed by atoms with van der Waals surface area (Å²) in [5, 5.41) is 13.4. The molecule has 2 unspecified atom stereocenters. The Balaban J connectivity index is 2.63. The van der Waals surface area contributed by atoms with Crippen molar-refractivity contribution in [3.05, 3.63) is 22.4 Å². The van der Waals surface area contributed by atoms with E-state index in [1.54, 1.807) is 17.5 Å². The van der Waals surface area contributed by atoms with Gasteiger partial charge in [-0.1, -0.05) is 19.9 Å². The van der Waals surface area contributed by atoms with Gasteiger partial charge >= 0.3 is 5.97 Å². The highest BCUT2D eigenvalue weighted by molar-refractivity contribution is 7.10. The molecule has 0 aliphatic rings. The second-order valence-corrected chi connectivity index (χ2v) is 5.45. The molecule has 0 saturated carbocycles. The second-order valence-electron chi connectivity index (χ2n) is 4.47. The van der Waals surface area contributed by atoms with E-state index in [4.69, 9.17) is 10.8 Å². The minimum atomic E-state index is -1.07. The molecule has 6 heteroatoms. The van der Waals surface area contributed by atoms with Gasteiger partial charge in [-0.25, -0.2) is 4.79 Å². The van der Waals surface area contributed by atoms with Crippen LogP contribution in [0, 0.1) is 5.92 Å². The van der Waals surface area contributed by atoms with Gasteiger partial charge in [0, 0.05) is 17.3 Å². The number of aliphatic carboxylic acids is 1. The summed E-state index contributed by atoms with van der Waals surface area (Å²) in [6.45, 7) is 3.85. The van der Waals surface area contributed by atoms with Crippen LogP contribution < -0.4 is 11.1 Å². The van der Waals surface area contributed by atoms with Crippen molar-refractivity contribution in [2.24, 2.45) is 11.7 Å². The molecule has 18 heavy (non-hydrogen) atoms.